The fraction of sp³-hybridized carbons (Fsp3) is 0.444. The lowest BCUT2D eigenvalue weighted by Gasteiger charge is -2.06. The average Bonchev–Trinajstić information content (AvgIpc) is 3.10. The summed E-state index contributed by atoms with van der Waals surface area (Å²) >= 11 is 3.29. The molecule has 1 heterocycles. The minimum absolute atomic E-state index is 0.0575. The smallest absolute Gasteiger partial charge is 0.270 e. The van der Waals surface area contributed by atoms with Gasteiger partial charge in [0.1, 0.15) is 10.7 Å². The third-order valence-electron chi connectivity index (χ3n) is 3.58. The van der Waals surface area contributed by atoms with E-state index in [0.717, 1.165) is 35.8 Å². The van der Waals surface area contributed by atoms with Gasteiger partial charge in [-0.2, -0.15) is 11.8 Å². The molecule has 0 aliphatic heterocycles. The van der Waals surface area contributed by atoms with Crippen LogP contribution in [0.25, 0.3) is 0 Å². The van der Waals surface area contributed by atoms with Gasteiger partial charge in [0.2, 0.25) is 0 Å². The first-order chi connectivity index (χ1) is 11.7. The van der Waals surface area contributed by atoms with Crippen molar-refractivity contribution in [2.45, 2.75) is 38.0 Å². The first-order valence-electron chi connectivity index (χ1n) is 8.31. The average molecular weight is 364 g/mol. The molecular weight excluding hydrogens is 338 g/mol. The second-order valence-corrected chi connectivity index (χ2v) is 7.61. The van der Waals surface area contributed by atoms with Crippen LogP contribution in [0.15, 0.2) is 35.7 Å². The van der Waals surface area contributed by atoms with Crippen molar-refractivity contribution in [2.24, 2.45) is 5.73 Å². The number of benzene rings is 1. The molecule has 0 saturated carbocycles. The molecule has 1 amide bonds. The second-order valence-electron chi connectivity index (χ2n) is 5.61. The zero-order valence-electron chi connectivity index (χ0n) is 14.0. The topological polar surface area (TPSA) is 68.0 Å². The van der Waals surface area contributed by atoms with E-state index in [-0.39, 0.29) is 11.9 Å². The number of thiazole rings is 1. The van der Waals surface area contributed by atoms with E-state index in [1.165, 1.54) is 16.9 Å². The van der Waals surface area contributed by atoms with Gasteiger partial charge in [-0.05, 0) is 12.0 Å². The van der Waals surface area contributed by atoms with Crippen LogP contribution >= 0.6 is 23.1 Å². The molecular formula is C18H25N3OS2. The van der Waals surface area contributed by atoms with Gasteiger partial charge in [-0.1, -0.05) is 50.1 Å². The molecule has 0 radical (unpaired) electrons. The summed E-state index contributed by atoms with van der Waals surface area (Å²) in [6, 6.07) is 10.3. The number of carbonyl (C=O) groups is 1. The Bertz CT molecular complexity index is 616. The van der Waals surface area contributed by atoms with E-state index < -0.39 is 0 Å². The maximum absolute atomic E-state index is 12.1. The number of carbonyl (C=O) groups excluding carboxylic acids is 1. The predicted octanol–water partition coefficient (Wildman–Crippen LogP) is 4.00. The number of amides is 1. The molecule has 2 rings (SSSR count). The highest BCUT2D eigenvalue weighted by atomic mass is 32.2. The zero-order valence-corrected chi connectivity index (χ0v) is 15.7. The third-order valence-corrected chi connectivity index (χ3v) is 5.59. The standard InChI is InChI=1S/C18H25N3OS2/c1-2-3-9-15(19)18-21-16(13-24-18)17(22)20-10-11-23-12-14-7-5-4-6-8-14/h4-8,13,15H,2-3,9-12,19H2,1H3,(H,20,22). The molecule has 6 heteroatoms. The van der Waals surface area contributed by atoms with Crippen LogP contribution in [0, 0.1) is 0 Å². The Morgan fingerprint density at radius 2 is 2.17 bits per heavy atom. The molecule has 0 spiro atoms. The molecule has 1 atom stereocenters. The normalized spacial score (nSPS) is 12.1. The molecule has 24 heavy (non-hydrogen) atoms. The number of nitrogens with one attached hydrogen (secondary N) is 1. The highest BCUT2D eigenvalue weighted by Gasteiger charge is 2.14. The molecule has 2 aromatic rings. The van der Waals surface area contributed by atoms with Crippen molar-refractivity contribution in [2.75, 3.05) is 12.3 Å². The molecule has 0 bridgehead atoms. The lowest BCUT2D eigenvalue weighted by molar-refractivity contribution is 0.0951. The Kier molecular flexibility index (Phi) is 8.28. The number of hydrogen-bond donors (Lipinski definition) is 2. The zero-order chi connectivity index (χ0) is 17.2. The second kappa shape index (κ2) is 10.5. The molecule has 1 aromatic carbocycles. The van der Waals surface area contributed by atoms with Gasteiger partial charge in [0, 0.05) is 23.4 Å². The van der Waals surface area contributed by atoms with Crippen molar-refractivity contribution in [1.29, 1.82) is 0 Å². The number of nitrogens with zero attached hydrogens (tertiary/aromatic N) is 1. The Morgan fingerprint density at radius 1 is 1.38 bits per heavy atom. The van der Waals surface area contributed by atoms with Gasteiger partial charge in [-0.3, -0.25) is 4.79 Å². The summed E-state index contributed by atoms with van der Waals surface area (Å²) in [5, 5.41) is 5.58. The van der Waals surface area contributed by atoms with E-state index >= 15 is 0 Å². The van der Waals surface area contributed by atoms with Crippen molar-refractivity contribution < 1.29 is 4.79 Å². The highest BCUT2D eigenvalue weighted by Crippen LogP contribution is 2.21. The van der Waals surface area contributed by atoms with E-state index in [0.29, 0.717) is 12.2 Å². The van der Waals surface area contributed by atoms with Crippen LogP contribution in [-0.2, 0) is 5.75 Å². The van der Waals surface area contributed by atoms with Gasteiger partial charge in [-0.15, -0.1) is 11.3 Å². The Labute approximate surface area is 152 Å². The van der Waals surface area contributed by atoms with Crippen LogP contribution in [0.2, 0.25) is 0 Å². The highest BCUT2D eigenvalue weighted by molar-refractivity contribution is 7.98. The third kappa shape index (κ3) is 6.26. The van der Waals surface area contributed by atoms with E-state index in [1.807, 2.05) is 30.0 Å². The molecule has 130 valence electrons. The van der Waals surface area contributed by atoms with Crippen molar-refractivity contribution in [1.82, 2.24) is 10.3 Å². The summed E-state index contributed by atoms with van der Waals surface area (Å²) in [7, 11) is 0. The number of nitrogens with two attached hydrogens (primary N) is 1. The molecule has 0 saturated heterocycles. The fourth-order valence-corrected chi connectivity index (χ4v) is 3.86. The first kappa shape index (κ1) is 19.0. The van der Waals surface area contributed by atoms with Crippen LogP contribution < -0.4 is 11.1 Å². The van der Waals surface area contributed by atoms with Gasteiger partial charge in [0.05, 0.1) is 6.04 Å². The van der Waals surface area contributed by atoms with E-state index in [1.54, 1.807) is 5.38 Å². The van der Waals surface area contributed by atoms with Gasteiger partial charge in [0.15, 0.2) is 0 Å². The van der Waals surface area contributed by atoms with Crippen molar-refractivity contribution in [3.8, 4) is 0 Å². The quantitative estimate of drug-likeness (QED) is 0.626. The maximum atomic E-state index is 12.1. The molecule has 0 aliphatic rings. The Balaban J connectivity index is 1.68. The molecule has 3 N–H and O–H groups in total. The van der Waals surface area contributed by atoms with Crippen LogP contribution in [0.3, 0.4) is 0 Å². The minimum Gasteiger partial charge on any atom is -0.350 e. The molecule has 1 unspecified atom stereocenters. The van der Waals surface area contributed by atoms with Crippen LogP contribution in [0.1, 0.15) is 53.3 Å². The van der Waals surface area contributed by atoms with Gasteiger partial charge in [-0.25, -0.2) is 4.98 Å². The molecule has 1 aromatic heterocycles. The van der Waals surface area contributed by atoms with E-state index in [2.05, 4.69) is 29.4 Å². The van der Waals surface area contributed by atoms with E-state index in [4.69, 9.17) is 5.73 Å². The largest absolute Gasteiger partial charge is 0.350 e. The summed E-state index contributed by atoms with van der Waals surface area (Å²) in [6.07, 6.45) is 3.12. The monoisotopic (exact) mass is 363 g/mol. The number of unbranched alkanes of at least 4 members (excludes halogenated alkanes) is 1. The summed E-state index contributed by atoms with van der Waals surface area (Å²) in [6.45, 7) is 2.79. The summed E-state index contributed by atoms with van der Waals surface area (Å²) in [5.74, 6) is 1.73. The number of aromatic nitrogens is 1. The maximum Gasteiger partial charge on any atom is 0.270 e. The number of rotatable bonds is 10. The van der Waals surface area contributed by atoms with Gasteiger partial charge in [0.25, 0.3) is 5.91 Å². The van der Waals surface area contributed by atoms with E-state index in [9.17, 15) is 4.79 Å². The lowest BCUT2D eigenvalue weighted by atomic mass is 10.1. The van der Waals surface area contributed by atoms with Crippen LogP contribution in [-0.4, -0.2) is 23.2 Å². The van der Waals surface area contributed by atoms with Gasteiger partial charge >= 0.3 is 0 Å². The van der Waals surface area contributed by atoms with Crippen molar-refractivity contribution in [3.05, 3.63) is 52.0 Å². The lowest BCUT2D eigenvalue weighted by Crippen LogP contribution is -2.26. The number of thioether (sulfide) groups is 1. The fourth-order valence-electron chi connectivity index (χ4n) is 2.20. The summed E-state index contributed by atoms with van der Waals surface area (Å²) in [5.41, 5.74) is 7.89. The van der Waals surface area contributed by atoms with Crippen molar-refractivity contribution in [3.63, 3.8) is 0 Å². The van der Waals surface area contributed by atoms with Gasteiger partial charge < -0.3 is 11.1 Å². The Morgan fingerprint density at radius 3 is 2.92 bits per heavy atom. The van der Waals surface area contributed by atoms with Crippen LogP contribution in [0.5, 0.6) is 0 Å². The summed E-state index contributed by atoms with van der Waals surface area (Å²) in [4.78, 5) is 16.5. The SMILES string of the molecule is CCCCC(N)c1nc(C(=O)NCCSCc2ccccc2)cs1. The summed E-state index contributed by atoms with van der Waals surface area (Å²) < 4.78 is 0. The van der Waals surface area contributed by atoms with Crippen molar-refractivity contribution >= 4 is 29.0 Å². The number of hydrogen-bond acceptors (Lipinski definition) is 5. The minimum atomic E-state index is -0.111. The molecule has 4 nitrogen and oxygen atoms in total. The first-order valence-corrected chi connectivity index (χ1v) is 10.3. The van der Waals surface area contributed by atoms with Crippen LogP contribution in [0.4, 0.5) is 0 Å². The molecule has 0 aliphatic carbocycles. The Hall–Kier alpha value is -1.37. The molecule has 0 fully saturated rings. The predicted molar refractivity (Wildman–Crippen MR) is 104 cm³/mol.